The SMILES string of the molecule is Cc1[nH]c(C(=O)O)c(C)c1S(=O)(=O)NCc1ncc[nH]1. The number of sulfonamides is 1. The third-order valence-corrected chi connectivity index (χ3v) is 4.51. The summed E-state index contributed by atoms with van der Waals surface area (Å²) in [4.78, 5) is 20.2. The molecule has 0 atom stereocenters. The van der Waals surface area contributed by atoms with Gasteiger partial charge in [0.25, 0.3) is 0 Å². The van der Waals surface area contributed by atoms with Crippen molar-refractivity contribution < 1.29 is 18.3 Å². The standard InChI is InChI=1S/C11H14N4O4S/c1-6-9(11(16)17)15-7(2)10(6)20(18,19)14-5-8-12-3-4-13-8/h3-4,14-15H,5H2,1-2H3,(H,12,13)(H,16,17). The Labute approximate surface area is 115 Å². The van der Waals surface area contributed by atoms with Crippen LogP contribution in [0, 0.1) is 13.8 Å². The molecule has 2 heterocycles. The molecular weight excluding hydrogens is 284 g/mol. The highest BCUT2D eigenvalue weighted by atomic mass is 32.2. The van der Waals surface area contributed by atoms with Gasteiger partial charge in [-0.05, 0) is 13.8 Å². The first kappa shape index (κ1) is 14.3. The number of nitrogens with one attached hydrogen (secondary N) is 3. The fourth-order valence-corrected chi connectivity index (χ4v) is 3.41. The van der Waals surface area contributed by atoms with Crippen molar-refractivity contribution in [3.05, 3.63) is 35.2 Å². The minimum absolute atomic E-state index is 0.00178. The molecule has 0 radical (unpaired) electrons. The Hall–Kier alpha value is -2.13. The van der Waals surface area contributed by atoms with E-state index in [2.05, 4.69) is 19.7 Å². The Bertz CT molecular complexity index is 731. The summed E-state index contributed by atoms with van der Waals surface area (Å²) in [6, 6.07) is 0. The number of aryl methyl sites for hydroxylation is 1. The number of aromatic nitrogens is 3. The summed E-state index contributed by atoms with van der Waals surface area (Å²) in [5, 5.41) is 8.99. The minimum Gasteiger partial charge on any atom is -0.477 e. The molecule has 0 aliphatic heterocycles. The third kappa shape index (κ3) is 2.58. The molecule has 0 aliphatic rings. The largest absolute Gasteiger partial charge is 0.477 e. The zero-order valence-electron chi connectivity index (χ0n) is 10.9. The van der Waals surface area contributed by atoms with E-state index in [-0.39, 0.29) is 28.4 Å². The van der Waals surface area contributed by atoms with Gasteiger partial charge in [-0.3, -0.25) is 0 Å². The minimum atomic E-state index is -3.81. The number of hydrogen-bond acceptors (Lipinski definition) is 4. The van der Waals surface area contributed by atoms with Crippen LogP contribution in [-0.4, -0.2) is 34.4 Å². The average Bonchev–Trinajstić information content (AvgIpc) is 2.95. The molecule has 2 aromatic rings. The summed E-state index contributed by atoms with van der Waals surface area (Å²) in [6.45, 7) is 2.97. The lowest BCUT2D eigenvalue weighted by Crippen LogP contribution is -2.24. The normalized spacial score (nSPS) is 11.7. The number of imidazole rings is 1. The van der Waals surface area contributed by atoms with E-state index in [1.807, 2.05) is 0 Å². The van der Waals surface area contributed by atoms with Crippen LogP contribution in [0.25, 0.3) is 0 Å². The van der Waals surface area contributed by atoms with Crippen molar-refractivity contribution in [2.24, 2.45) is 0 Å². The van der Waals surface area contributed by atoms with Crippen LogP contribution in [0.4, 0.5) is 0 Å². The third-order valence-electron chi connectivity index (χ3n) is 2.84. The topological polar surface area (TPSA) is 128 Å². The monoisotopic (exact) mass is 298 g/mol. The van der Waals surface area contributed by atoms with Gasteiger partial charge in [0.05, 0.1) is 6.54 Å². The lowest BCUT2D eigenvalue weighted by Gasteiger charge is -2.06. The average molecular weight is 298 g/mol. The maximum absolute atomic E-state index is 12.2. The maximum Gasteiger partial charge on any atom is 0.352 e. The molecule has 0 fully saturated rings. The molecule has 0 spiro atoms. The predicted octanol–water partition coefficient (Wildman–Crippen LogP) is 0.531. The second-order valence-corrected chi connectivity index (χ2v) is 5.95. The summed E-state index contributed by atoms with van der Waals surface area (Å²) >= 11 is 0. The van der Waals surface area contributed by atoms with Gasteiger partial charge in [-0.1, -0.05) is 0 Å². The maximum atomic E-state index is 12.2. The second-order valence-electron chi connectivity index (χ2n) is 4.24. The first-order valence-electron chi connectivity index (χ1n) is 5.73. The van der Waals surface area contributed by atoms with E-state index in [1.54, 1.807) is 6.20 Å². The summed E-state index contributed by atoms with van der Waals surface area (Å²) in [7, 11) is -3.81. The van der Waals surface area contributed by atoms with E-state index >= 15 is 0 Å². The van der Waals surface area contributed by atoms with Crippen LogP contribution in [-0.2, 0) is 16.6 Å². The molecule has 2 aromatic heterocycles. The molecule has 8 nitrogen and oxygen atoms in total. The number of rotatable bonds is 5. The predicted molar refractivity (Wildman–Crippen MR) is 69.8 cm³/mol. The Morgan fingerprint density at radius 1 is 1.45 bits per heavy atom. The van der Waals surface area contributed by atoms with Gasteiger partial charge in [-0.2, -0.15) is 0 Å². The van der Waals surface area contributed by atoms with Crippen molar-refractivity contribution >= 4 is 16.0 Å². The number of nitrogens with zero attached hydrogens (tertiary/aromatic N) is 1. The van der Waals surface area contributed by atoms with Crippen molar-refractivity contribution in [1.82, 2.24) is 19.7 Å². The van der Waals surface area contributed by atoms with Crippen LogP contribution in [0.15, 0.2) is 17.3 Å². The Balaban J connectivity index is 2.32. The number of aromatic amines is 2. The van der Waals surface area contributed by atoms with E-state index in [9.17, 15) is 13.2 Å². The molecule has 0 unspecified atom stereocenters. The van der Waals surface area contributed by atoms with Gasteiger partial charge in [0.15, 0.2) is 0 Å². The molecule has 0 saturated heterocycles. The van der Waals surface area contributed by atoms with Crippen LogP contribution < -0.4 is 4.72 Å². The Morgan fingerprint density at radius 3 is 2.65 bits per heavy atom. The zero-order chi connectivity index (χ0) is 14.9. The first-order chi connectivity index (χ1) is 9.33. The highest BCUT2D eigenvalue weighted by Gasteiger charge is 2.26. The van der Waals surface area contributed by atoms with Gasteiger partial charge in [0.1, 0.15) is 16.4 Å². The van der Waals surface area contributed by atoms with E-state index < -0.39 is 16.0 Å². The number of carboxylic acids is 1. The Kier molecular flexibility index (Phi) is 3.64. The number of aromatic carboxylic acids is 1. The van der Waals surface area contributed by atoms with Crippen molar-refractivity contribution in [2.45, 2.75) is 25.3 Å². The fraction of sp³-hybridized carbons (Fsp3) is 0.273. The van der Waals surface area contributed by atoms with Gasteiger partial charge in [-0.15, -0.1) is 0 Å². The number of H-pyrrole nitrogens is 2. The van der Waals surface area contributed by atoms with E-state index in [1.165, 1.54) is 20.0 Å². The van der Waals surface area contributed by atoms with Crippen molar-refractivity contribution in [3.63, 3.8) is 0 Å². The molecular formula is C11H14N4O4S. The lowest BCUT2D eigenvalue weighted by molar-refractivity contribution is 0.0690. The van der Waals surface area contributed by atoms with Gasteiger partial charge < -0.3 is 15.1 Å². The molecule has 108 valence electrons. The summed E-state index contributed by atoms with van der Waals surface area (Å²) in [5.74, 6) is -0.726. The van der Waals surface area contributed by atoms with Crippen molar-refractivity contribution in [3.8, 4) is 0 Å². The molecule has 0 aromatic carbocycles. The van der Waals surface area contributed by atoms with Gasteiger partial charge in [0, 0.05) is 23.7 Å². The molecule has 20 heavy (non-hydrogen) atoms. The van der Waals surface area contributed by atoms with Crippen LogP contribution in [0.3, 0.4) is 0 Å². The van der Waals surface area contributed by atoms with E-state index in [0.717, 1.165) is 0 Å². The molecule has 0 aliphatic carbocycles. The molecule has 0 saturated carbocycles. The molecule has 0 amide bonds. The molecule has 2 rings (SSSR count). The molecule has 0 bridgehead atoms. The van der Waals surface area contributed by atoms with Crippen molar-refractivity contribution in [1.29, 1.82) is 0 Å². The van der Waals surface area contributed by atoms with E-state index in [0.29, 0.717) is 5.82 Å². The molecule has 9 heteroatoms. The van der Waals surface area contributed by atoms with Crippen molar-refractivity contribution in [2.75, 3.05) is 0 Å². The van der Waals surface area contributed by atoms with Crippen LogP contribution in [0.2, 0.25) is 0 Å². The van der Waals surface area contributed by atoms with Crippen LogP contribution in [0.5, 0.6) is 0 Å². The van der Waals surface area contributed by atoms with Gasteiger partial charge in [0.2, 0.25) is 10.0 Å². The summed E-state index contributed by atoms with van der Waals surface area (Å²) in [6.07, 6.45) is 3.10. The smallest absolute Gasteiger partial charge is 0.352 e. The second kappa shape index (κ2) is 5.10. The van der Waals surface area contributed by atoms with Crippen LogP contribution in [0.1, 0.15) is 27.6 Å². The Morgan fingerprint density at radius 2 is 2.15 bits per heavy atom. The number of carbonyl (C=O) groups is 1. The highest BCUT2D eigenvalue weighted by Crippen LogP contribution is 2.23. The quantitative estimate of drug-likeness (QED) is 0.640. The molecule has 4 N–H and O–H groups in total. The van der Waals surface area contributed by atoms with Gasteiger partial charge in [-0.25, -0.2) is 22.9 Å². The van der Waals surface area contributed by atoms with Crippen LogP contribution >= 0.6 is 0 Å². The number of hydrogen-bond donors (Lipinski definition) is 4. The van der Waals surface area contributed by atoms with E-state index in [4.69, 9.17) is 5.11 Å². The summed E-state index contributed by atoms with van der Waals surface area (Å²) < 4.78 is 26.9. The first-order valence-corrected chi connectivity index (χ1v) is 7.21. The zero-order valence-corrected chi connectivity index (χ0v) is 11.7. The fourth-order valence-electron chi connectivity index (χ4n) is 1.98. The lowest BCUT2D eigenvalue weighted by atomic mass is 10.2. The highest BCUT2D eigenvalue weighted by molar-refractivity contribution is 7.89. The number of carboxylic acid groups (broad SMARTS) is 1. The summed E-state index contributed by atoms with van der Waals surface area (Å²) in [5.41, 5.74) is 0.342. The van der Waals surface area contributed by atoms with Gasteiger partial charge >= 0.3 is 5.97 Å².